The van der Waals surface area contributed by atoms with Gasteiger partial charge in [-0.05, 0) is 69.7 Å². The largest absolute Gasteiger partial charge is 0.356 e. The third-order valence-corrected chi connectivity index (χ3v) is 6.90. The molecule has 0 bridgehead atoms. The fourth-order valence-corrected chi connectivity index (χ4v) is 4.92. The SMILES string of the molecule is Cc1cc(N2CCCCC2)nc(NCCNS(=O)(=O)c2cc(C)c(C)cc2C)n1. The molecule has 1 saturated heterocycles. The average Bonchev–Trinajstić information content (AvgIpc) is 2.68. The molecule has 0 amide bonds. The molecule has 158 valence electrons. The number of hydrogen-bond donors (Lipinski definition) is 2. The Morgan fingerprint density at radius 1 is 0.897 bits per heavy atom. The van der Waals surface area contributed by atoms with Gasteiger partial charge in [-0.3, -0.25) is 0 Å². The normalized spacial score (nSPS) is 14.8. The van der Waals surface area contributed by atoms with Crippen LogP contribution in [0, 0.1) is 27.7 Å². The van der Waals surface area contributed by atoms with Gasteiger partial charge in [-0.1, -0.05) is 6.07 Å². The van der Waals surface area contributed by atoms with E-state index in [2.05, 4.69) is 24.9 Å². The van der Waals surface area contributed by atoms with Crippen LogP contribution in [0.4, 0.5) is 11.8 Å². The molecule has 1 fully saturated rings. The summed E-state index contributed by atoms with van der Waals surface area (Å²) in [6, 6.07) is 5.64. The summed E-state index contributed by atoms with van der Waals surface area (Å²) in [5, 5.41) is 3.15. The molecule has 0 radical (unpaired) electrons. The molecule has 1 aliphatic heterocycles. The van der Waals surface area contributed by atoms with Crippen molar-refractivity contribution in [2.45, 2.75) is 51.9 Å². The number of aromatic nitrogens is 2. The minimum absolute atomic E-state index is 0.255. The second-order valence-electron chi connectivity index (χ2n) is 7.77. The highest BCUT2D eigenvalue weighted by Gasteiger charge is 2.18. The lowest BCUT2D eigenvalue weighted by atomic mass is 10.1. The summed E-state index contributed by atoms with van der Waals surface area (Å²) < 4.78 is 28.0. The smallest absolute Gasteiger partial charge is 0.240 e. The number of nitrogens with zero attached hydrogens (tertiary/aromatic N) is 3. The Kier molecular flexibility index (Phi) is 6.74. The zero-order valence-electron chi connectivity index (χ0n) is 17.7. The van der Waals surface area contributed by atoms with Crippen molar-refractivity contribution in [3.63, 3.8) is 0 Å². The van der Waals surface area contributed by atoms with Crippen molar-refractivity contribution in [3.05, 3.63) is 40.6 Å². The highest BCUT2D eigenvalue weighted by Crippen LogP contribution is 2.21. The molecule has 1 aliphatic rings. The molecular weight excluding hydrogens is 386 g/mol. The number of nitrogens with one attached hydrogen (secondary N) is 2. The monoisotopic (exact) mass is 417 g/mol. The van der Waals surface area contributed by atoms with Gasteiger partial charge in [0.25, 0.3) is 0 Å². The number of rotatable bonds is 7. The molecule has 0 unspecified atom stereocenters. The molecule has 3 rings (SSSR count). The molecule has 2 aromatic rings. The van der Waals surface area contributed by atoms with E-state index in [4.69, 9.17) is 0 Å². The number of piperidine rings is 1. The molecule has 1 aromatic carbocycles. The number of anilines is 2. The van der Waals surface area contributed by atoms with E-state index in [9.17, 15) is 8.42 Å². The van der Waals surface area contributed by atoms with Crippen molar-refractivity contribution in [2.24, 2.45) is 0 Å². The lowest BCUT2D eigenvalue weighted by Crippen LogP contribution is -2.31. The Hall–Kier alpha value is -2.19. The van der Waals surface area contributed by atoms with Crippen molar-refractivity contribution in [3.8, 4) is 0 Å². The van der Waals surface area contributed by atoms with Crippen molar-refractivity contribution in [2.75, 3.05) is 36.4 Å². The first-order valence-electron chi connectivity index (χ1n) is 10.2. The van der Waals surface area contributed by atoms with Crippen molar-refractivity contribution in [1.29, 1.82) is 0 Å². The van der Waals surface area contributed by atoms with Gasteiger partial charge < -0.3 is 10.2 Å². The van der Waals surface area contributed by atoms with Gasteiger partial charge in [-0.25, -0.2) is 18.1 Å². The lowest BCUT2D eigenvalue weighted by molar-refractivity contribution is 0.573. The maximum atomic E-state index is 12.7. The first kappa shape index (κ1) is 21.5. The van der Waals surface area contributed by atoms with Crippen LogP contribution in [0.2, 0.25) is 0 Å². The molecule has 7 nitrogen and oxygen atoms in total. The van der Waals surface area contributed by atoms with Gasteiger partial charge >= 0.3 is 0 Å². The molecule has 2 heterocycles. The van der Waals surface area contributed by atoms with E-state index in [1.54, 1.807) is 6.07 Å². The molecule has 0 spiro atoms. The molecular formula is C21H31N5O2S. The zero-order chi connectivity index (χ0) is 21.0. The quantitative estimate of drug-likeness (QED) is 0.673. The minimum Gasteiger partial charge on any atom is -0.356 e. The molecule has 0 aliphatic carbocycles. The Bertz CT molecular complexity index is 969. The Morgan fingerprint density at radius 3 is 2.31 bits per heavy atom. The minimum atomic E-state index is -3.56. The van der Waals surface area contributed by atoms with Gasteiger partial charge in [0.2, 0.25) is 16.0 Å². The number of aryl methyl sites for hydroxylation is 4. The van der Waals surface area contributed by atoms with Crippen molar-refractivity contribution < 1.29 is 8.42 Å². The van der Waals surface area contributed by atoms with Crippen LogP contribution in [-0.4, -0.2) is 44.6 Å². The Labute approximate surface area is 174 Å². The number of sulfonamides is 1. The summed E-state index contributed by atoms with van der Waals surface area (Å²) in [6.45, 7) is 10.4. The lowest BCUT2D eigenvalue weighted by Gasteiger charge is -2.28. The Morgan fingerprint density at radius 2 is 1.59 bits per heavy atom. The van der Waals surface area contributed by atoms with E-state index in [1.165, 1.54) is 19.3 Å². The summed E-state index contributed by atoms with van der Waals surface area (Å²) in [7, 11) is -3.56. The van der Waals surface area contributed by atoms with E-state index < -0.39 is 10.0 Å². The van der Waals surface area contributed by atoms with Crippen molar-refractivity contribution >= 4 is 21.8 Å². The maximum Gasteiger partial charge on any atom is 0.240 e. The van der Waals surface area contributed by atoms with E-state index in [1.807, 2.05) is 39.8 Å². The molecule has 1 aromatic heterocycles. The predicted octanol–water partition coefficient (Wildman–Crippen LogP) is 3.09. The summed E-state index contributed by atoms with van der Waals surface area (Å²) in [6.07, 6.45) is 3.64. The van der Waals surface area contributed by atoms with Crippen LogP contribution in [0.15, 0.2) is 23.1 Å². The van der Waals surface area contributed by atoms with Crippen LogP contribution in [0.3, 0.4) is 0 Å². The highest BCUT2D eigenvalue weighted by atomic mass is 32.2. The van der Waals surface area contributed by atoms with Crippen LogP contribution in [0.5, 0.6) is 0 Å². The first-order valence-corrected chi connectivity index (χ1v) is 11.7. The van der Waals surface area contributed by atoms with Crippen LogP contribution < -0.4 is 14.9 Å². The average molecular weight is 418 g/mol. The summed E-state index contributed by atoms with van der Waals surface area (Å²) in [5.74, 6) is 1.47. The molecule has 2 N–H and O–H groups in total. The first-order chi connectivity index (χ1) is 13.8. The third-order valence-electron chi connectivity index (χ3n) is 5.30. The zero-order valence-corrected chi connectivity index (χ0v) is 18.6. The van der Waals surface area contributed by atoms with E-state index in [0.29, 0.717) is 17.4 Å². The van der Waals surface area contributed by atoms with Gasteiger partial charge in [0, 0.05) is 37.9 Å². The molecule has 29 heavy (non-hydrogen) atoms. The summed E-state index contributed by atoms with van der Waals surface area (Å²) >= 11 is 0. The molecule has 8 heteroatoms. The fraction of sp³-hybridized carbons (Fsp3) is 0.524. The van der Waals surface area contributed by atoms with Crippen LogP contribution >= 0.6 is 0 Å². The molecule has 0 atom stereocenters. The second kappa shape index (κ2) is 9.09. The van der Waals surface area contributed by atoms with Gasteiger partial charge in [-0.2, -0.15) is 4.98 Å². The second-order valence-corrected chi connectivity index (χ2v) is 9.50. The van der Waals surface area contributed by atoms with Crippen LogP contribution in [0.25, 0.3) is 0 Å². The standard InChI is InChI=1S/C21H31N5O2S/c1-15-12-17(3)19(13-16(15)2)29(27,28)23-9-8-22-21-24-18(4)14-20(25-21)26-10-6-5-7-11-26/h12-14,23H,5-11H2,1-4H3,(H,22,24,25). The number of benzene rings is 1. The van der Waals surface area contributed by atoms with Gasteiger partial charge in [0.1, 0.15) is 5.82 Å². The third kappa shape index (κ3) is 5.45. The van der Waals surface area contributed by atoms with Crippen LogP contribution in [0.1, 0.15) is 41.6 Å². The topological polar surface area (TPSA) is 87.2 Å². The van der Waals surface area contributed by atoms with E-state index in [-0.39, 0.29) is 6.54 Å². The van der Waals surface area contributed by atoms with E-state index in [0.717, 1.165) is 41.3 Å². The van der Waals surface area contributed by atoms with E-state index >= 15 is 0 Å². The summed E-state index contributed by atoms with van der Waals surface area (Å²) in [4.78, 5) is 11.7. The fourth-order valence-electron chi connectivity index (χ4n) is 3.58. The highest BCUT2D eigenvalue weighted by molar-refractivity contribution is 7.89. The Balaban J connectivity index is 1.60. The molecule has 0 saturated carbocycles. The van der Waals surface area contributed by atoms with Crippen molar-refractivity contribution in [1.82, 2.24) is 14.7 Å². The van der Waals surface area contributed by atoms with Crippen LogP contribution in [-0.2, 0) is 10.0 Å². The number of hydrogen-bond acceptors (Lipinski definition) is 6. The van der Waals surface area contributed by atoms with Gasteiger partial charge in [-0.15, -0.1) is 0 Å². The van der Waals surface area contributed by atoms with Gasteiger partial charge in [0.15, 0.2) is 0 Å². The van der Waals surface area contributed by atoms with Gasteiger partial charge in [0.05, 0.1) is 4.90 Å². The summed E-state index contributed by atoms with van der Waals surface area (Å²) in [5.41, 5.74) is 3.70. The predicted molar refractivity (Wildman–Crippen MR) is 117 cm³/mol. The maximum absolute atomic E-state index is 12.7.